The van der Waals surface area contributed by atoms with Gasteiger partial charge in [-0.05, 0) is 30.7 Å². The molecule has 7 heteroatoms. The van der Waals surface area contributed by atoms with Crippen LogP contribution >= 0.6 is 15.9 Å². The fourth-order valence-electron chi connectivity index (χ4n) is 2.74. The minimum Gasteiger partial charge on any atom is -0.353 e. The highest BCUT2D eigenvalue weighted by molar-refractivity contribution is 9.10. The fourth-order valence-corrected chi connectivity index (χ4v) is 3.22. The number of piperazine rings is 1. The second-order valence-electron chi connectivity index (χ2n) is 5.84. The van der Waals surface area contributed by atoms with Crippen LogP contribution in [-0.2, 0) is 4.79 Å². The number of hydrogen-bond acceptors (Lipinski definition) is 5. The van der Waals surface area contributed by atoms with Crippen molar-refractivity contribution in [2.45, 2.75) is 13.8 Å². The summed E-state index contributed by atoms with van der Waals surface area (Å²) in [6.07, 6.45) is 1.57. The van der Waals surface area contributed by atoms with E-state index in [0.717, 1.165) is 53.5 Å². The summed E-state index contributed by atoms with van der Waals surface area (Å²) in [7, 11) is 0. The minimum absolute atomic E-state index is 0.130. The maximum Gasteiger partial charge on any atom is 0.219 e. The van der Waals surface area contributed by atoms with E-state index in [-0.39, 0.29) is 5.91 Å². The number of amides is 1. The smallest absolute Gasteiger partial charge is 0.219 e. The van der Waals surface area contributed by atoms with Gasteiger partial charge in [-0.25, -0.2) is 9.97 Å². The first kappa shape index (κ1) is 16.7. The molecule has 1 aromatic carbocycles. The third-order valence-electron chi connectivity index (χ3n) is 4.15. The highest BCUT2D eigenvalue weighted by Crippen LogP contribution is 2.24. The van der Waals surface area contributed by atoms with Crippen molar-refractivity contribution < 1.29 is 4.79 Å². The lowest BCUT2D eigenvalue weighted by Gasteiger charge is -2.34. The van der Waals surface area contributed by atoms with Crippen LogP contribution in [0.1, 0.15) is 12.5 Å². The monoisotopic (exact) mass is 389 g/mol. The van der Waals surface area contributed by atoms with Crippen molar-refractivity contribution in [2.75, 3.05) is 36.4 Å². The van der Waals surface area contributed by atoms with E-state index in [1.54, 1.807) is 13.3 Å². The molecule has 1 saturated heterocycles. The van der Waals surface area contributed by atoms with Gasteiger partial charge in [0.05, 0.1) is 0 Å². The van der Waals surface area contributed by atoms with Crippen LogP contribution in [0.5, 0.6) is 0 Å². The van der Waals surface area contributed by atoms with Gasteiger partial charge in [0, 0.05) is 49.3 Å². The summed E-state index contributed by atoms with van der Waals surface area (Å²) in [5, 5.41) is 3.34. The molecule has 2 aromatic rings. The molecule has 6 nitrogen and oxygen atoms in total. The van der Waals surface area contributed by atoms with Crippen molar-refractivity contribution in [3.63, 3.8) is 0 Å². The number of carbonyl (C=O) groups excluding carboxylic acids is 1. The number of anilines is 3. The number of nitrogens with one attached hydrogen (secondary N) is 1. The molecule has 0 saturated carbocycles. The Bertz CT molecular complexity index is 744. The second-order valence-corrected chi connectivity index (χ2v) is 6.75. The molecule has 126 valence electrons. The molecule has 1 aliphatic rings. The van der Waals surface area contributed by atoms with E-state index in [4.69, 9.17) is 0 Å². The minimum atomic E-state index is 0.130. The molecule has 0 unspecified atom stereocenters. The molecule has 0 atom stereocenters. The SMILES string of the molecule is CC(=O)N1CCN(c2cc(Nc3ccc(Br)cc3C)ncn2)CC1. The maximum atomic E-state index is 11.4. The molecule has 1 N–H and O–H groups in total. The van der Waals surface area contributed by atoms with E-state index >= 15 is 0 Å². The van der Waals surface area contributed by atoms with Crippen molar-refractivity contribution >= 4 is 39.2 Å². The van der Waals surface area contributed by atoms with E-state index in [2.05, 4.69) is 49.1 Å². The second kappa shape index (κ2) is 7.17. The van der Waals surface area contributed by atoms with Gasteiger partial charge in [0.15, 0.2) is 0 Å². The Morgan fingerprint density at radius 1 is 1.17 bits per heavy atom. The largest absolute Gasteiger partial charge is 0.353 e. The van der Waals surface area contributed by atoms with Gasteiger partial charge in [-0.2, -0.15) is 0 Å². The molecular weight excluding hydrogens is 370 g/mol. The number of carbonyl (C=O) groups is 1. The Balaban J connectivity index is 1.71. The lowest BCUT2D eigenvalue weighted by Crippen LogP contribution is -2.48. The Morgan fingerprint density at radius 3 is 2.58 bits per heavy atom. The van der Waals surface area contributed by atoms with Crippen LogP contribution in [0.4, 0.5) is 17.3 Å². The average molecular weight is 390 g/mol. The standard InChI is InChI=1S/C17H20BrN5O/c1-12-9-14(18)3-4-15(12)21-16-10-17(20-11-19-16)23-7-5-22(6-8-23)13(2)24/h3-4,9-11H,5-8H2,1-2H3,(H,19,20,21). The molecule has 1 aromatic heterocycles. The maximum absolute atomic E-state index is 11.4. The first-order valence-corrected chi connectivity index (χ1v) is 8.68. The molecule has 1 aliphatic heterocycles. The summed E-state index contributed by atoms with van der Waals surface area (Å²) < 4.78 is 1.05. The molecule has 2 heterocycles. The van der Waals surface area contributed by atoms with Gasteiger partial charge >= 0.3 is 0 Å². The summed E-state index contributed by atoms with van der Waals surface area (Å²) in [6.45, 7) is 6.70. The molecule has 24 heavy (non-hydrogen) atoms. The van der Waals surface area contributed by atoms with Crippen LogP contribution in [0.2, 0.25) is 0 Å². The molecule has 1 fully saturated rings. The zero-order valence-corrected chi connectivity index (χ0v) is 15.4. The van der Waals surface area contributed by atoms with Gasteiger partial charge in [-0.3, -0.25) is 4.79 Å². The van der Waals surface area contributed by atoms with Crippen molar-refractivity contribution in [1.29, 1.82) is 0 Å². The van der Waals surface area contributed by atoms with Crippen LogP contribution in [-0.4, -0.2) is 47.0 Å². The number of hydrogen-bond donors (Lipinski definition) is 1. The Kier molecular flexibility index (Phi) is 4.99. The molecule has 0 radical (unpaired) electrons. The number of rotatable bonds is 3. The van der Waals surface area contributed by atoms with Crippen molar-refractivity contribution in [1.82, 2.24) is 14.9 Å². The molecule has 0 aliphatic carbocycles. The third-order valence-corrected chi connectivity index (χ3v) is 4.65. The highest BCUT2D eigenvalue weighted by atomic mass is 79.9. The molecular formula is C17H20BrN5O. The summed E-state index contributed by atoms with van der Waals surface area (Å²) >= 11 is 3.47. The zero-order chi connectivity index (χ0) is 17.1. The normalized spacial score (nSPS) is 14.6. The average Bonchev–Trinajstić information content (AvgIpc) is 2.58. The van der Waals surface area contributed by atoms with Crippen LogP contribution in [0, 0.1) is 6.92 Å². The van der Waals surface area contributed by atoms with Gasteiger partial charge in [0.25, 0.3) is 0 Å². The summed E-state index contributed by atoms with van der Waals surface area (Å²) in [6, 6.07) is 8.03. The van der Waals surface area contributed by atoms with Gasteiger partial charge in [-0.1, -0.05) is 15.9 Å². The Labute approximate surface area is 150 Å². The zero-order valence-electron chi connectivity index (χ0n) is 13.8. The quantitative estimate of drug-likeness (QED) is 0.873. The van der Waals surface area contributed by atoms with Crippen molar-refractivity contribution in [2.24, 2.45) is 0 Å². The first-order valence-electron chi connectivity index (χ1n) is 7.88. The van der Waals surface area contributed by atoms with Crippen LogP contribution < -0.4 is 10.2 Å². The predicted molar refractivity (Wildman–Crippen MR) is 98.7 cm³/mol. The number of halogens is 1. The van der Waals surface area contributed by atoms with Gasteiger partial charge in [0.2, 0.25) is 5.91 Å². The molecule has 1 amide bonds. The van der Waals surface area contributed by atoms with E-state index in [9.17, 15) is 4.79 Å². The number of nitrogens with zero attached hydrogens (tertiary/aromatic N) is 4. The predicted octanol–water partition coefficient (Wildman–Crippen LogP) is 2.96. The van der Waals surface area contributed by atoms with Crippen molar-refractivity contribution in [3.05, 3.63) is 40.6 Å². The molecule has 0 bridgehead atoms. The Hall–Kier alpha value is -2.15. The number of aromatic nitrogens is 2. The molecule has 3 rings (SSSR count). The van der Waals surface area contributed by atoms with Crippen LogP contribution in [0.3, 0.4) is 0 Å². The third kappa shape index (κ3) is 3.84. The van der Waals surface area contributed by atoms with Gasteiger partial charge < -0.3 is 15.1 Å². The lowest BCUT2D eigenvalue weighted by molar-refractivity contribution is -0.129. The topological polar surface area (TPSA) is 61.4 Å². The summed E-state index contributed by atoms with van der Waals surface area (Å²) in [5.41, 5.74) is 2.16. The number of aryl methyl sites for hydroxylation is 1. The fraction of sp³-hybridized carbons (Fsp3) is 0.353. The summed E-state index contributed by atoms with van der Waals surface area (Å²) in [4.78, 5) is 24.2. The number of benzene rings is 1. The van der Waals surface area contributed by atoms with Gasteiger partial charge in [-0.15, -0.1) is 0 Å². The highest BCUT2D eigenvalue weighted by Gasteiger charge is 2.19. The van der Waals surface area contributed by atoms with Crippen LogP contribution in [0.25, 0.3) is 0 Å². The van der Waals surface area contributed by atoms with E-state index in [1.807, 2.05) is 23.1 Å². The first-order chi connectivity index (χ1) is 11.5. The Morgan fingerprint density at radius 2 is 1.92 bits per heavy atom. The van der Waals surface area contributed by atoms with E-state index < -0.39 is 0 Å². The van der Waals surface area contributed by atoms with Crippen LogP contribution in [0.15, 0.2) is 35.1 Å². The van der Waals surface area contributed by atoms with Crippen molar-refractivity contribution in [3.8, 4) is 0 Å². The molecule has 0 spiro atoms. The van der Waals surface area contributed by atoms with E-state index in [0.29, 0.717) is 0 Å². The lowest BCUT2D eigenvalue weighted by atomic mass is 10.2. The van der Waals surface area contributed by atoms with Gasteiger partial charge in [0.1, 0.15) is 18.0 Å². The summed E-state index contributed by atoms with van der Waals surface area (Å²) in [5.74, 6) is 1.77. The van der Waals surface area contributed by atoms with E-state index in [1.165, 1.54) is 0 Å².